The number of nitrogens with zero attached hydrogens (tertiary/aromatic N) is 3. The molecule has 0 atom stereocenters. The fourth-order valence-electron chi connectivity index (χ4n) is 3.53. The normalized spacial score (nSPS) is 14.4. The number of anilines is 1. The van der Waals surface area contributed by atoms with E-state index in [1.54, 1.807) is 31.5 Å². The van der Waals surface area contributed by atoms with Crippen molar-refractivity contribution < 1.29 is 19.1 Å². The number of urea groups is 1. The van der Waals surface area contributed by atoms with Gasteiger partial charge in [-0.2, -0.15) is 0 Å². The number of ether oxygens (including phenoxy) is 2. The van der Waals surface area contributed by atoms with E-state index in [4.69, 9.17) is 9.47 Å². The van der Waals surface area contributed by atoms with Crippen molar-refractivity contribution in [3.8, 4) is 11.5 Å². The number of methoxy groups -OCH3 is 2. The van der Waals surface area contributed by atoms with E-state index in [1.807, 2.05) is 36.4 Å². The van der Waals surface area contributed by atoms with Crippen LogP contribution in [0.15, 0.2) is 53.3 Å². The minimum Gasteiger partial charge on any atom is -0.497 e. The van der Waals surface area contributed by atoms with Crippen LogP contribution in [0.4, 0.5) is 10.5 Å². The van der Waals surface area contributed by atoms with E-state index in [0.29, 0.717) is 18.0 Å². The van der Waals surface area contributed by atoms with Gasteiger partial charge in [-0.25, -0.2) is 4.79 Å². The summed E-state index contributed by atoms with van der Waals surface area (Å²) in [5, 5.41) is 1.68. The molecule has 2 aromatic carbocycles. The highest BCUT2D eigenvalue weighted by atomic mass is 79.9. The van der Waals surface area contributed by atoms with Crippen molar-refractivity contribution in [2.75, 3.05) is 25.7 Å². The van der Waals surface area contributed by atoms with Crippen LogP contribution in [0.2, 0.25) is 0 Å². The summed E-state index contributed by atoms with van der Waals surface area (Å²) in [4.78, 5) is 33.0. The fourth-order valence-corrected chi connectivity index (χ4v) is 4.14. The summed E-state index contributed by atoms with van der Waals surface area (Å²) in [5.74, 6) is 1.21. The van der Waals surface area contributed by atoms with Crippen LogP contribution in [0.3, 0.4) is 0 Å². The molecule has 1 saturated heterocycles. The summed E-state index contributed by atoms with van der Waals surface area (Å²) >= 11 is 3.55. The van der Waals surface area contributed by atoms with Gasteiger partial charge >= 0.3 is 6.03 Å². The summed E-state index contributed by atoms with van der Waals surface area (Å²) < 4.78 is 11.3. The Morgan fingerprint density at radius 1 is 1.00 bits per heavy atom. The van der Waals surface area contributed by atoms with Crippen molar-refractivity contribution in [1.29, 1.82) is 0 Å². The van der Waals surface area contributed by atoms with Crippen molar-refractivity contribution >= 4 is 44.3 Å². The quantitative estimate of drug-likeness (QED) is 0.554. The monoisotopic (exact) mass is 469 g/mol. The maximum Gasteiger partial charge on any atom is 0.331 e. The van der Waals surface area contributed by atoms with Gasteiger partial charge in [0, 0.05) is 29.9 Å². The molecule has 2 heterocycles. The fraction of sp³-hybridized carbons (Fsp3) is 0.227. The molecule has 0 unspecified atom stereocenters. The van der Waals surface area contributed by atoms with Gasteiger partial charge in [-0.3, -0.25) is 19.6 Å². The number of amides is 3. The van der Waals surface area contributed by atoms with E-state index in [2.05, 4.69) is 20.9 Å². The predicted molar refractivity (Wildman–Crippen MR) is 117 cm³/mol. The molecule has 1 aliphatic rings. The highest BCUT2D eigenvalue weighted by molar-refractivity contribution is 9.10. The zero-order valence-corrected chi connectivity index (χ0v) is 18.2. The van der Waals surface area contributed by atoms with E-state index < -0.39 is 0 Å². The molecule has 154 valence electrons. The minimum absolute atomic E-state index is 0.192. The largest absolute Gasteiger partial charge is 0.497 e. The van der Waals surface area contributed by atoms with Crippen LogP contribution < -0.4 is 14.4 Å². The molecule has 0 aliphatic carbocycles. The van der Waals surface area contributed by atoms with Crippen molar-refractivity contribution in [2.24, 2.45) is 0 Å². The number of carbonyl (C=O) groups is 2. The third-order valence-corrected chi connectivity index (χ3v) is 5.96. The van der Waals surface area contributed by atoms with Crippen molar-refractivity contribution in [1.82, 2.24) is 9.88 Å². The first-order valence-electron chi connectivity index (χ1n) is 9.38. The highest BCUT2D eigenvalue weighted by Gasteiger charge is 2.33. The van der Waals surface area contributed by atoms with Crippen LogP contribution in [-0.4, -0.2) is 42.6 Å². The van der Waals surface area contributed by atoms with Crippen molar-refractivity contribution in [3.05, 3.63) is 58.8 Å². The second-order valence-electron chi connectivity index (χ2n) is 6.85. The standard InChI is InChI=1S/C22H20BrN3O4/c1-29-15-5-3-14(4-6-15)13-26-20(27)9-10-25(22(26)28)18-12-24-11-17-16(18)7-8-19(30-2)21(17)23/h3-8,11-12H,9-10,13H2,1-2H3. The number of hydrogen-bond donors (Lipinski definition) is 0. The van der Waals surface area contributed by atoms with Gasteiger partial charge < -0.3 is 9.47 Å². The molecule has 8 heteroatoms. The molecule has 0 spiro atoms. The summed E-state index contributed by atoms with van der Waals surface area (Å²) in [6.45, 7) is 0.509. The number of pyridine rings is 1. The topological polar surface area (TPSA) is 72.0 Å². The molecule has 4 rings (SSSR count). The molecule has 3 aromatic rings. The number of hydrogen-bond acceptors (Lipinski definition) is 5. The Morgan fingerprint density at radius 2 is 1.77 bits per heavy atom. The summed E-state index contributed by atoms with van der Waals surface area (Å²) in [6.07, 6.45) is 3.62. The third kappa shape index (κ3) is 3.59. The van der Waals surface area contributed by atoms with E-state index in [9.17, 15) is 9.59 Å². The van der Waals surface area contributed by atoms with Gasteiger partial charge in [-0.05, 0) is 45.8 Å². The second kappa shape index (κ2) is 8.31. The van der Waals surface area contributed by atoms with Crippen LogP contribution in [0.25, 0.3) is 10.8 Å². The first-order chi connectivity index (χ1) is 14.5. The number of rotatable bonds is 5. The Balaban J connectivity index is 1.67. The minimum atomic E-state index is -0.358. The highest BCUT2D eigenvalue weighted by Crippen LogP contribution is 2.37. The average molecular weight is 470 g/mol. The molecular weight excluding hydrogens is 450 g/mol. The molecule has 3 amide bonds. The molecule has 1 fully saturated rings. The maximum absolute atomic E-state index is 13.3. The number of aromatic nitrogens is 1. The lowest BCUT2D eigenvalue weighted by molar-refractivity contribution is -0.129. The molecule has 1 aliphatic heterocycles. The summed E-state index contributed by atoms with van der Waals surface area (Å²) in [5.41, 5.74) is 1.51. The molecule has 1 aromatic heterocycles. The van der Waals surface area contributed by atoms with Crippen LogP contribution in [0, 0.1) is 0 Å². The van der Waals surface area contributed by atoms with Gasteiger partial charge in [0.25, 0.3) is 0 Å². The van der Waals surface area contributed by atoms with Gasteiger partial charge in [0.2, 0.25) is 5.91 Å². The molecule has 0 N–H and O–H groups in total. The Labute approximate surface area is 182 Å². The lowest BCUT2D eigenvalue weighted by atomic mass is 10.1. The molecule has 30 heavy (non-hydrogen) atoms. The number of benzene rings is 2. The second-order valence-corrected chi connectivity index (χ2v) is 7.64. The Kier molecular flexibility index (Phi) is 5.59. The number of carbonyl (C=O) groups excluding carboxylic acids is 2. The molecular formula is C22H20BrN3O4. The third-order valence-electron chi connectivity index (χ3n) is 5.14. The smallest absolute Gasteiger partial charge is 0.331 e. The average Bonchev–Trinajstić information content (AvgIpc) is 2.77. The Bertz CT molecular complexity index is 1120. The number of imide groups is 1. The maximum atomic E-state index is 13.3. The Hall–Kier alpha value is -3.13. The van der Waals surface area contributed by atoms with Gasteiger partial charge in [-0.15, -0.1) is 0 Å². The SMILES string of the molecule is COc1ccc(CN2C(=O)CCN(c3cncc4c(Br)c(OC)ccc34)C2=O)cc1. The van der Waals surface area contributed by atoms with Gasteiger partial charge in [0.05, 0.1) is 37.1 Å². The van der Waals surface area contributed by atoms with Crippen LogP contribution in [-0.2, 0) is 11.3 Å². The van der Waals surface area contributed by atoms with Crippen LogP contribution in [0.1, 0.15) is 12.0 Å². The summed E-state index contributed by atoms with van der Waals surface area (Å²) in [7, 11) is 3.19. The Morgan fingerprint density at radius 3 is 2.47 bits per heavy atom. The predicted octanol–water partition coefficient (Wildman–Crippen LogP) is 4.37. The number of halogens is 1. The first kappa shape index (κ1) is 20.2. The lowest BCUT2D eigenvalue weighted by Gasteiger charge is -2.34. The molecule has 0 saturated carbocycles. The summed E-state index contributed by atoms with van der Waals surface area (Å²) in [6, 6.07) is 10.7. The van der Waals surface area contributed by atoms with Gasteiger partial charge in [0.15, 0.2) is 0 Å². The zero-order valence-electron chi connectivity index (χ0n) is 16.6. The van der Waals surface area contributed by atoms with E-state index >= 15 is 0 Å². The van der Waals surface area contributed by atoms with E-state index in [0.717, 1.165) is 26.6 Å². The lowest BCUT2D eigenvalue weighted by Crippen LogP contribution is -2.52. The molecule has 7 nitrogen and oxygen atoms in total. The number of fused-ring (bicyclic) bond motifs is 1. The van der Waals surface area contributed by atoms with Crippen molar-refractivity contribution in [3.63, 3.8) is 0 Å². The van der Waals surface area contributed by atoms with Gasteiger partial charge in [0.1, 0.15) is 11.5 Å². The van der Waals surface area contributed by atoms with E-state index in [1.165, 1.54) is 4.90 Å². The first-order valence-corrected chi connectivity index (χ1v) is 10.2. The van der Waals surface area contributed by atoms with Crippen LogP contribution in [0.5, 0.6) is 11.5 Å². The van der Waals surface area contributed by atoms with Crippen molar-refractivity contribution in [2.45, 2.75) is 13.0 Å². The molecule has 0 radical (unpaired) electrons. The van der Waals surface area contributed by atoms with Gasteiger partial charge in [-0.1, -0.05) is 12.1 Å². The van der Waals surface area contributed by atoms with E-state index in [-0.39, 0.29) is 24.9 Å². The zero-order chi connectivity index (χ0) is 21.3. The van der Waals surface area contributed by atoms with Crippen LogP contribution >= 0.6 is 15.9 Å². The molecule has 0 bridgehead atoms.